The lowest BCUT2D eigenvalue weighted by atomic mass is 9.91. The molecule has 0 aromatic heterocycles. The first-order valence-electron chi connectivity index (χ1n) is 17.6. The van der Waals surface area contributed by atoms with Crippen molar-refractivity contribution in [1.29, 1.82) is 0 Å². The smallest absolute Gasteiger partial charge is 0.466 e. The maximum atomic E-state index is 13.9. The molecule has 2 rings (SSSR count). The Morgan fingerprint density at radius 3 is 1.43 bits per heavy atom. The number of ether oxygens (including phenoxy) is 2. The zero-order chi connectivity index (χ0) is 39.1. The van der Waals surface area contributed by atoms with Crippen LogP contribution in [-0.2, 0) is 42.7 Å². The van der Waals surface area contributed by atoms with E-state index < -0.39 is 51.6 Å². The lowest BCUT2D eigenvalue weighted by Crippen LogP contribution is -2.25. The Labute approximate surface area is 308 Å². The van der Waals surface area contributed by atoms with Crippen LogP contribution >= 0.6 is 15.6 Å². The minimum Gasteiger partial charge on any atom is -0.466 e. The summed E-state index contributed by atoms with van der Waals surface area (Å²) in [6, 6.07) is 9.89. The predicted octanol–water partition coefficient (Wildman–Crippen LogP) is 12.6. The molecule has 12 heteroatoms. The Bertz CT molecular complexity index is 1440. The molecule has 0 radical (unpaired) electrons. The fourth-order valence-electron chi connectivity index (χ4n) is 4.89. The summed E-state index contributed by atoms with van der Waals surface area (Å²) >= 11 is 0. The van der Waals surface area contributed by atoms with Crippen LogP contribution in [0.15, 0.2) is 36.9 Å². The van der Waals surface area contributed by atoms with E-state index in [2.05, 4.69) is 13.5 Å². The van der Waals surface area contributed by atoms with Gasteiger partial charge in [-0.1, -0.05) is 55.7 Å². The van der Waals surface area contributed by atoms with Gasteiger partial charge in [-0.15, -0.1) is 0 Å². The molecule has 2 aromatic carbocycles. The largest absolute Gasteiger partial charge is 0.478 e. The van der Waals surface area contributed by atoms with E-state index in [0.717, 1.165) is 53.5 Å². The summed E-state index contributed by atoms with van der Waals surface area (Å²) in [4.78, 5) is 0. The Hall–Kier alpha value is -2.00. The van der Waals surface area contributed by atoms with Gasteiger partial charge >= 0.3 is 15.6 Å². The molecule has 2 aromatic rings. The molecule has 0 saturated heterocycles. The van der Waals surface area contributed by atoms with E-state index in [1.807, 2.05) is 44.2 Å². The van der Waals surface area contributed by atoms with E-state index in [-0.39, 0.29) is 0 Å². The van der Waals surface area contributed by atoms with E-state index in [1.54, 1.807) is 83.1 Å². The molecule has 0 atom stereocenters. The molecule has 0 saturated carbocycles. The second-order valence-corrected chi connectivity index (χ2v) is 19.8. The Morgan fingerprint density at radius 2 is 1.08 bits per heavy atom. The molecule has 0 spiro atoms. The van der Waals surface area contributed by atoms with Crippen molar-refractivity contribution in [3.8, 4) is 22.6 Å². The summed E-state index contributed by atoms with van der Waals surface area (Å²) in [7, 11) is -8.17. The number of unbranched alkanes of at least 4 members (excludes halogenated alkanes) is 2. The van der Waals surface area contributed by atoms with E-state index in [1.165, 1.54) is 0 Å². The van der Waals surface area contributed by atoms with Crippen LogP contribution in [0.1, 0.15) is 133 Å². The first-order chi connectivity index (χ1) is 23.1. The van der Waals surface area contributed by atoms with Crippen LogP contribution in [-0.4, -0.2) is 36.0 Å². The van der Waals surface area contributed by atoms with Crippen molar-refractivity contribution in [2.24, 2.45) is 0 Å². The number of phosphoric ester groups is 2. The number of phosphoric acid groups is 2. The van der Waals surface area contributed by atoms with Crippen molar-refractivity contribution in [2.45, 2.75) is 152 Å². The van der Waals surface area contributed by atoms with Crippen LogP contribution in [0.25, 0.3) is 16.7 Å². The Balaban J connectivity index is 2.72. The van der Waals surface area contributed by atoms with Gasteiger partial charge in [-0.25, -0.2) is 18.2 Å². The molecule has 0 N–H and O–H groups in total. The lowest BCUT2D eigenvalue weighted by molar-refractivity contribution is -0.0195. The number of hydrogen-bond acceptors (Lipinski definition) is 10. The quantitative estimate of drug-likeness (QED) is 0.0829. The predicted molar refractivity (Wildman–Crippen MR) is 206 cm³/mol. The maximum Gasteiger partial charge on any atom is 0.478 e. The third-order valence-electron chi connectivity index (χ3n) is 6.49. The van der Waals surface area contributed by atoms with Crippen LogP contribution in [0.5, 0.6) is 11.5 Å². The van der Waals surface area contributed by atoms with Gasteiger partial charge in [0.05, 0.1) is 28.0 Å². The summed E-state index contributed by atoms with van der Waals surface area (Å²) in [5.41, 5.74) is 1.69. The highest BCUT2D eigenvalue weighted by Gasteiger charge is 2.39. The van der Waals surface area contributed by atoms with E-state index in [0.29, 0.717) is 17.1 Å². The molecule has 51 heavy (non-hydrogen) atoms. The van der Waals surface area contributed by atoms with E-state index in [9.17, 15) is 9.13 Å². The van der Waals surface area contributed by atoms with Crippen molar-refractivity contribution in [1.82, 2.24) is 0 Å². The molecule has 0 aliphatic heterocycles. The van der Waals surface area contributed by atoms with Crippen LogP contribution in [0.3, 0.4) is 0 Å². The molecule has 10 nitrogen and oxygen atoms in total. The van der Waals surface area contributed by atoms with Crippen LogP contribution in [0, 0.1) is 6.92 Å². The zero-order valence-electron chi connectivity index (χ0n) is 33.8. The van der Waals surface area contributed by atoms with Crippen LogP contribution in [0.4, 0.5) is 0 Å². The molecule has 0 fully saturated rings. The summed E-state index contributed by atoms with van der Waals surface area (Å²) in [6.45, 7) is 30.6. The molecule has 0 heterocycles. The van der Waals surface area contributed by atoms with E-state index in [4.69, 9.17) is 36.6 Å². The third kappa shape index (κ3) is 16.7. The SMILES string of the molecule is C=C(C)c1ccc(C)cc1-c1c(OCOP(=O)(OC(C)(C)C)OC(C)(C)C)cc(CCCCC)cc1OCOP(=O)(OC(C)(C)C)OC(C)(C)C. The van der Waals surface area contributed by atoms with Gasteiger partial charge in [0.2, 0.25) is 0 Å². The average molecular weight is 755 g/mol. The second kappa shape index (κ2) is 17.9. The third-order valence-corrected chi connectivity index (χ3v) is 10.4. The standard InChI is InChI=1S/C39H64O10P2/c1-17-18-19-20-30-24-33(42-26-44-50(40,46-36(5,6)7)47-37(8,9)10)35(32-23-29(4)21-22-31(32)28(2)3)34(25-30)43-27-45-51(41,48-38(11,12)13)49-39(14,15)16/h21-25H,2,17-20,26-27H2,1,3-16H3. The monoisotopic (exact) mass is 754 g/mol. The number of benzene rings is 2. The van der Waals surface area contributed by atoms with Gasteiger partial charge in [0.1, 0.15) is 11.5 Å². The highest BCUT2D eigenvalue weighted by Crippen LogP contribution is 2.57. The van der Waals surface area contributed by atoms with Crippen molar-refractivity contribution in [3.63, 3.8) is 0 Å². The molecule has 0 bridgehead atoms. The second-order valence-electron chi connectivity index (χ2n) is 16.7. The van der Waals surface area contributed by atoms with Gasteiger partial charge in [0.25, 0.3) is 0 Å². The van der Waals surface area contributed by atoms with Gasteiger partial charge in [0, 0.05) is 0 Å². The van der Waals surface area contributed by atoms with Gasteiger partial charge < -0.3 is 9.47 Å². The molecule has 290 valence electrons. The van der Waals surface area contributed by atoms with Gasteiger partial charge in [-0.2, -0.15) is 0 Å². The molecule has 0 unspecified atom stereocenters. The van der Waals surface area contributed by atoms with Crippen LogP contribution in [0.2, 0.25) is 0 Å². The minimum absolute atomic E-state index is 0.408. The topological polar surface area (TPSA) is 108 Å². The molecule has 0 amide bonds. The van der Waals surface area contributed by atoms with Crippen molar-refractivity contribution >= 4 is 21.2 Å². The molecule has 0 aliphatic rings. The lowest BCUT2D eigenvalue weighted by Gasteiger charge is -2.31. The number of hydrogen-bond donors (Lipinski definition) is 0. The number of allylic oxidation sites excluding steroid dienone is 1. The van der Waals surface area contributed by atoms with Gasteiger partial charge in [-0.3, -0.25) is 18.1 Å². The Morgan fingerprint density at radius 1 is 0.667 bits per heavy atom. The van der Waals surface area contributed by atoms with Crippen molar-refractivity contribution in [2.75, 3.05) is 13.6 Å². The number of aryl methyl sites for hydroxylation is 2. The van der Waals surface area contributed by atoms with Crippen molar-refractivity contribution in [3.05, 3.63) is 53.6 Å². The van der Waals surface area contributed by atoms with Gasteiger partial charge in [-0.05, 0) is 139 Å². The summed E-state index contributed by atoms with van der Waals surface area (Å²) < 4.78 is 75.3. The summed E-state index contributed by atoms with van der Waals surface area (Å²) in [5, 5.41) is 0. The summed E-state index contributed by atoms with van der Waals surface area (Å²) in [6.07, 6.45) is 3.75. The minimum atomic E-state index is -4.09. The normalized spacial score (nSPS) is 13.4. The Kier molecular flexibility index (Phi) is 15.8. The maximum absolute atomic E-state index is 13.9. The fourth-order valence-corrected chi connectivity index (χ4v) is 8.22. The first kappa shape index (κ1) is 45.2. The highest BCUT2D eigenvalue weighted by atomic mass is 31.2. The summed E-state index contributed by atoms with van der Waals surface area (Å²) in [5.74, 6) is 0.815. The van der Waals surface area contributed by atoms with Gasteiger partial charge in [0.15, 0.2) is 13.6 Å². The fraction of sp³-hybridized carbons (Fsp3) is 0.641. The first-order valence-corrected chi connectivity index (χ1v) is 20.6. The number of rotatable bonds is 18. The van der Waals surface area contributed by atoms with E-state index >= 15 is 0 Å². The molecule has 0 aliphatic carbocycles. The molecular formula is C39H64O10P2. The highest BCUT2D eigenvalue weighted by molar-refractivity contribution is 7.48. The van der Waals surface area contributed by atoms with Crippen LogP contribution < -0.4 is 9.47 Å². The molecular weight excluding hydrogens is 690 g/mol. The zero-order valence-corrected chi connectivity index (χ0v) is 35.6. The average Bonchev–Trinajstić information content (AvgIpc) is 2.88. The van der Waals surface area contributed by atoms with Crippen molar-refractivity contribution < 1.29 is 45.7 Å².